The lowest BCUT2D eigenvalue weighted by Crippen LogP contribution is -2.09. The van der Waals surface area contributed by atoms with Gasteiger partial charge in [0.2, 0.25) is 0 Å². The molecule has 0 aliphatic heterocycles. The van der Waals surface area contributed by atoms with E-state index in [0.717, 1.165) is 4.57 Å². The highest BCUT2D eigenvalue weighted by Crippen LogP contribution is 2.28. The maximum Gasteiger partial charge on any atom is 0.188 e. The summed E-state index contributed by atoms with van der Waals surface area (Å²) in [5.74, 6) is -6.23. The Balaban J connectivity index is 2.81. The van der Waals surface area contributed by atoms with Crippen molar-refractivity contribution in [3.05, 3.63) is 47.8 Å². The molecule has 0 saturated heterocycles. The van der Waals surface area contributed by atoms with Gasteiger partial charge in [-0.15, -0.1) is 0 Å². The summed E-state index contributed by atoms with van der Waals surface area (Å²) in [5.41, 5.74) is 2.88. The van der Waals surface area contributed by atoms with Crippen molar-refractivity contribution in [3.8, 4) is 5.69 Å². The standard InChI is InChI=1S/C10H6F4N2/c11-5-7(13)10(16-3-1-2-4-16)8(14)6(12)9(5)15/h1-4H,15H2. The number of nitrogens with zero attached hydrogens (tertiary/aromatic N) is 1. The predicted octanol–water partition coefficient (Wildman–Crippen LogP) is 2.62. The highest BCUT2D eigenvalue weighted by molar-refractivity contribution is 5.50. The van der Waals surface area contributed by atoms with Gasteiger partial charge in [0.05, 0.1) is 0 Å². The van der Waals surface area contributed by atoms with E-state index in [1.165, 1.54) is 24.5 Å². The number of rotatable bonds is 1. The first kappa shape index (κ1) is 10.5. The molecule has 2 aromatic rings. The number of halogens is 4. The number of aromatic nitrogens is 1. The van der Waals surface area contributed by atoms with Crippen LogP contribution in [0.4, 0.5) is 23.2 Å². The summed E-state index contributed by atoms with van der Waals surface area (Å²) in [6, 6.07) is 2.93. The van der Waals surface area contributed by atoms with Gasteiger partial charge >= 0.3 is 0 Å². The minimum absolute atomic E-state index is 0.825. The number of benzene rings is 1. The molecule has 2 N–H and O–H groups in total. The zero-order chi connectivity index (χ0) is 11.9. The van der Waals surface area contributed by atoms with E-state index in [0.29, 0.717) is 0 Å². The van der Waals surface area contributed by atoms with E-state index in [2.05, 4.69) is 0 Å². The van der Waals surface area contributed by atoms with Gasteiger partial charge in [-0.05, 0) is 12.1 Å². The lowest BCUT2D eigenvalue weighted by molar-refractivity contribution is 0.454. The van der Waals surface area contributed by atoms with Gasteiger partial charge in [0, 0.05) is 12.4 Å². The molecule has 0 amide bonds. The van der Waals surface area contributed by atoms with Crippen LogP contribution in [0.2, 0.25) is 0 Å². The Morgan fingerprint density at radius 1 is 0.812 bits per heavy atom. The molecule has 0 aliphatic rings. The maximum absolute atomic E-state index is 13.4. The summed E-state index contributed by atoms with van der Waals surface area (Å²) in [6.07, 6.45) is 2.52. The fraction of sp³-hybridized carbons (Fsp3) is 0. The monoisotopic (exact) mass is 230 g/mol. The summed E-state index contributed by atoms with van der Waals surface area (Å²) >= 11 is 0. The molecule has 0 bridgehead atoms. The average molecular weight is 230 g/mol. The molecule has 2 nitrogen and oxygen atoms in total. The number of nitrogen functional groups attached to an aromatic ring is 1. The average Bonchev–Trinajstić information content (AvgIpc) is 2.77. The van der Waals surface area contributed by atoms with Crippen LogP contribution in [-0.4, -0.2) is 4.57 Å². The number of anilines is 1. The van der Waals surface area contributed by atoms with Gasteiger partial charge in [0.1, 0.15) is 11.4 Å². The van der Waals surface area contributed by atoms with E-state index in [1.807, 2.05) is 0 Å². The highest BCUT2D eigenvalue weighted by atomic mass is 19.2. The highest BCUT2D eigenvalue weighted by Gasteiger charge is 2.24. The van der Waals surface area contributed by atoms with Crippen LogP contribution in [0.5, 0.6) is 0 Å². The molecule has 2 rings (SSSR count). The molecule has 0 fully saturated rings. The van der Waals surface area contributed by atoms with E-state index < -0.39 is 34.6 Å². The molecule has 0 unspecified atom stereocenters. The second-order valence-corrected chi connectivity index (χ2v) is 3.11. The van der Waals surface area contributed by atoms with Gasteiger partial charge in [0.15, 0.2) is 23.3 Å². The molecule has 0 saturated carbocycles. The molecule has 1 aromatic carbocycles. The summed E-state index contributed by atoms with van der Waals surface area (Å²) in [5, 5.41) is 0. The Kier molecular flexibility index (Phi) is 2.34. The molecular formula is C10H6F4N2. The first-order valence-corrected chi connectivity index (χ1v) is 4.28. The van der Waals surface area contributed by atoms with E-state index in [-0.39, 0.29) is 0 Å². The topological polar surface area (TPSA) is 30.9 Å². The Labute approximate surface area is 87.9 Å². The lowest BCUT2D eigenvalue weighted by Gasteiger charge is -2.09. The maximum atomic E-state index is 13.4. The fourth-order valence-corrected chi connectivity index (χ4v) is 1.35. The molecular weight excluding hydrogens is 224 g/mol. The molecule has 1 heterocycles. The van der Waals surface area contributed by atoms with E-state index in [4.69, 9.17) is 5.73 Å². The molecule has 0 spiro atoms. The summed E-state index contributed by atoms with van der Waals surface area (Å²) < 4.78 is 53.9. The van der Waals surface area contributed by atoms with Gasteiger partial charge in [-0.3, -0.25) is 0 Å². The minimum atomic E-state index is -1.59. The molecule has 1 aromatic heterocycles. The minimum Gasteiger partial charge on any atom is -0.394 e. The van der Waals surface area contributed by atoms with Crippen LogP contribution < -0.4 is 5.73 Å². The zero-order valence-electron chi connectivity index (χ0n) is 7.85. The zero-order valence-corrected chi connectivity index (χ0v) is 7.85. The van der Waals surface area contributed by atoms with E-state index in [9.17, 15) is 17.6 Å². The third-order valence-corrected chi connectivity index (χ3v) is 2.14. The predicted molar refractivity (Wildman–Crippen MR) is 50.0 cm³/mol. The van der Waals surface area contributed by atoms with Crippen molar-refractivity contribution in [2.75, 3.05) is 5.73 Å². The lowest BCUT2D eigenvalue weighted by atomic mass is 10.2. The first-order valence-electron chi connectivity index (χ1n) is 4.28. The van der Waals surface area contributed by atoms with Crippen molar-refractivity contribution < 1.29 is 17.6 Å². The van der Waals surface area contributed by atoms with Crippen molar-refractivity contribution >= 4 is 5.69 Å². The quantitative estimate of drug-likeness (QED) is 0.455. The molecule has 0 aliphatic carbocycles. The van der Waals surface area contributed by atoms with Gasteiger partial charge in [-0.1, -0.05) is 0 Å². The Morgan fingerprint density at radius 2 is 1.25 bits per heavy atom. The Bertz CT molecular complexity index is 505. The molecule has 0 radical (unpaired) electrons. The molecule has 84 valence electrons. The van der Waals surface area contributed by atoms with Crippen molar-refractivity contribution in [2.45, 2.75) is 0 Å². The molecule has 0 atom stereocenters. The van der Waals surface area contributed by atoms with Crippen LogP contribution in [0.25, 0.3) is 5.69 Å². The van der Waals surface area contributed by atoms with Crippen LogP contribution in [0.15, 0.2) is 24.5 Å². The van der Waals surface area contributed by atoms with Crippen molar-refractivity contribution in [1.82, 2.24) is 4.57 Å². The molecule has 16 heavy (non-hydrogen) atoms. The van der Waals surface area contributed by atoms with Gasteiger partial charge < -0.3 is 10.3 Å². The van der Waals surface area contributed by atoms with Crippen LogP contribution in [0.1, 0.15) is 0 Å². The van der Waals surface area contributed by atoms with E-state index >= 15 is 0 Å². The second kappa shape index (κ2) is 3.55. The number of hydrogen-bond donors (Lipinski definition) is 1. The number of nitrogens with two attached hydrogens (primary N) is 1. The SMILES string of the molecule is Nc1c(F)c(F)c(-n2cccc2)c(F)c1F. The van der Waals surface area contributed by atoms with Crippen LogP contribution in [0.3, 0.4) is 0 Å². The normalized spacial score (nSPS) is 10.8. The van der Waals surface area contributed by atoms with Crippen molar-refractivity contribution in [3.63, 3.8) is 0 Å². The smallest absolute Gasteiger partial charge is 0.188 e. The van der Waals surface area contributed by atoms with E-state index in [1.54, 1.807) is 0 Å². The summed E-state index contributed by atoms with van der Waals surface area (Å²) in [4.78, 5) is 0. The van der Waals surface area contributed by atoms with Crippen molar-refractivity contribution in [1.29, 1.82) is 0 Å². The van der Waals surface area contributed by atoms with Gasteiger partial charge in [0.25, 0.3) is 0 Å². The van der Waals surface area contributed by atoms with Crippen LogP contribution in [0, 0.1) is 23.3 Å². The Morgan fingerprint density at radius 3 is 1.69 bits per heavy atom. The summed E-state index contributed by atoms with van der Waals surface area (Å²) in [7, 11) is 0. The second-order valence-electron chi connectivity index (χ2n) is 3.11. The van der Waals surface area contributed by atoms with Crippen molar-refractivity contribution in [2.24, 2.45) is 0 Å². The fourth-order valence-electron chi connectivity index (χ4n) is 1.35. The van der Waals surface area contributed by atoms with Crippen LogP contribution in [-0.2, 0) is 0 Å². The van der Waals surface area contributed by atoms with Crippen LogP contribution >= 0.6 is 0 Å². The molecule has 6 heteroatoms. The number of hydrogen-bond acceptors (Lipinski definition) is 1. The third-order valence-electron chi connectivity index (χ3n) is 2.14. The Hall–Kier alpha value is -1.98. The van der Waals surface area contributed by atoms with Gasteiger partial charge in [-0.2, -0.15) is 0 Å². The summed E-state index contributed by atoms with van der Waals surface area (Å²) in [6.45, 7) is 0. The third kappa shape index (κ3) is 1.34. The largest absolute Gasteiger partial charge is 0.394 e. The first-order chi connectivity index (χ1) is 7.54. The van der Waals surface area contributed by atoms with Gasteiger partial charge in [-0.25, -0.2) is 17.6 Å².